The Morgan fingerprint density at radius 3 is 2.64 bits per heavy atom. The summed E-state index contributed by atoms with van der Waals surface area (Å²) in [5.74, 6) is -0.496. The van der Waals surface area contributed by atoms with E-state index in [-0.39, 0.29) is 35.3 Å². The molecule has 0 unspecified atom stereocenters. The summed E-state index contributed by atoms with van der Waals surface area (Å²) in [5, 5.41) is 17.5. The fourth-order valence-electron chi connectivity index (χ4n) is 5.75. The number of fused-ring (bicyclic) bond motifs is 2. The van der Waals surface area contributed by atoms with Crippen molar-refractivity contribution in [3.63, 3.8) is 0 Å². The lowest BCUT2D eigenvalue weighted by Gasteiger charge is -2.39. The van der Waals surface area contributed by atoms with Gasteiger partial charge in [0.05, 0.1) is 23.0 Å². The molecule has 4 rings (SSSR count). The van der Waals surface area contributed by atoms with Gasteiger partial charge in [-0.3, -0.25) is 14.5 Å². The molecule has 12 nitrogen and oxygen atoms in total. The third-order valence-electron chi connectivity index (χ3n) is 7.49. The van der Waals surface area contributed by atoms with E-state index in [9.17, 15) is 28.1 Å². The largest absolute Gasteiger partial charge is 0.444 e. The summed E-state index contributed by atoms with van der Waals surface area (Å²) >= 11 is 0. The average molecular weight is 561 g/mol. The zero-order valence-electron chi connectivity index (χ0n) is 22.7. The Kier molecular flexibility index (Phi) is 7.93. The number of nitrogens with one attached hydrogen (secondary N) is 1. The van der Waals surface area contributed by atoms with Crippen LogP contribution in [-0.2, 0) is 24.3 Å². The van der Waals surface area contributed by atoms with Gasteiger partial charge < -0.3 is 19.9 Å². The Bertz CT molecular complexity index is 1290. The summed E-state index contributed by atoms with van der Waals surface area (Å²) in [6.45, 7) is 8.03. The van der Waals surface area contributed by atoms with Gasteiger partial charge in [-0.1, -0.05) is 12.1 Å². The average Bonchev–Trinajstić information content (AvgIpc) is 3.55. The van der Waals surface area contributed by atoms with Crippen molar-refractivity contribution in [1.82, 2.24) is 20.0 Å². The van der Waals surface area contributed by atoms with Crippen LogP contribution >= 0.6 is 0 Å². The number of carbonyl (C=O) groups excluding carboxylic acids is 3. The molecule has 0 spiro atoms. The minimum absolute atomic E-state index is 0.0163. The lowest BCUT2D eigenvalue weighted by molar-refractivity contribution is -0.141. The number of nitrogens with two attached hydrogens (primary N) is 1. The number of hydrogen-bond donors (Lipinski definition) is 2. The maximum atomic E-state index is 13.5. The standard InChI is InChI=1S/C26H36N6O6S/c1-16(17-7-5-9-20(11-17)39(28,36)37)32-19-12-22(24(32)34)30(14-19)15-21(29-25(35)38-26(2,3)4)23(33)31-10-6-8-18(31)13-27/h5,7,9,11,16,18-19,21-22H,6,8,10,12,14-15H2,1-4H3,(H,29,35)(H2,28,36,37)/t16-,18+,19+,21+,22+/m1/s1. The van der Waals surface area contributed by atoms with Crippen LogP contribution in [0, 0.1) is 11.3 Å². The number of alkyl carbamates (subject to hydrolysis) is 1. The second kappa shape index (κ2) is 10.7. The van der Waals surface area contributed by atoms with Gasteiger partial charge in [0.15, 0.2) is 0 Å². The van der Waals surface area contributed by atoms with Crippen LogP contribution in [0.25, 0.3) is 0 Å². The van der Waals surface area contributed by atoms with Crippen molar-refractivity contribution >= 4 is 27.9 Å². The van der Waals surface area contributed by atoms with Gasteiger partial charge >= 0.3 is 6.09 Å². The van der Waals surface area contributed by atoms with E-state index in [1.165, 1.54) is 17.0 Å². The quantitative estimate of drug-likeness (QED) is 0.500. The first-order chi connectivity index (χ1) is 18.2. The number of hydrogen-bond acceptors (Lipinski definition) is 8. The number of ether oxygens (including phenoxy) is 1. The molecule has 0 aromatic heterocycles. The van der Waals surface area contributed by atoms with E-state index in [1.807, 2.05) is 11.8 Å². The number of nitrogens with zero attached hydrogens (tertiary/aromatic N) is 4. The fourth-order valence-corrected chi connectivity index (χ4v) is 6.31. The maximum Gasteiger partial charge on any atom is 0.408 e. The van der Waals surface area contributed by atoms with Gasteiger partial charge in [0, 0.05) is 25.7 Å². The normalized spacial score (nSPS) is 24.9. The van der Waals surface area contributed by atoms with Gasteiger partial charge in [0.25, 0.3) is 0 Å². The minimum atomic E-state index is -3.88. The molecule has 39 heavy (non-hydrogen) atoms. The van der Waals surface area contributed by atoms with E-state index in [0.29, 0.717) is 37.9 Å². The van der Waals surface area contributed by atoms with Gasteiger partial charge in [-0.25, -0.2) is 18.4 Å². The van der Waals surface area contributed by atoms with Gasteiger partial charge in [-0.2, -0.15) is 5.26 Å². The summed E-state index contributed by atoms with van der Waals surface area (Å²) in [7, 11) is -3.88. The summed E-state index contributed by atoms with van der Waals surface area (Å²) in [5.41, 5.74) is -0.106. The monoisotopic (exact) mass is 560 g/mol. The zero-order chi connectivity index (χ0) is 28.7. The minimum Gasteiger partial charge on any atom is -0.444 e. The van der Waals surface area contributed by atoms with Gasteiger partial charge in [-0.05, 0) is 64.7 Å². The predicted molar refractivity (Wildman–Crippen MR) is 140 cm³/mol. The van der Waals surface area contributed by atoms with Crippen molar-refractivity contribution in [1.29, 1.82) is 5.26 Å². The van der Waals surface area contributed by atoms with E-state index in [2.05, 4.69) is 11.4 Å². The van der Waals surface area contributed by atoms with E-state index in [1.54, 1.807) is 37.8 Å². The Hall–Kier alpha value is -3.21. The van der Waals surface area contributed by atoms with Gasteiger partial charge in [0.1, 0.15) is 17.7 Å². The van der Waals surface area contributed by atoms with Crippen molar-refractivity contribution in [2.24, 2.45) is 5.14 Å². The van der Waals surface area contributed by atoms with Crippen molar-refractivity contribution in [3.05, 3.63) is 29.8 Å². The van der Waals surface area contributed by atoms with E-state index < -0.39 is 39.8 Å². The molecule has 3 aliphatic rings. The highest BCUT2D eigenvalue weighted by atomic mass is 32.2. The van der Waals surface area contributed by atoms with E-state index in [0.717, 1.165) is 0 Å². The van der Waals surface area contributed by atoms with E-state index in [4.69, 9.17) is 9.88 Å². The molecule has 3 amide bonds. The molecule has 3 saturated heterocycles. The Morgan fingerprint density at radius 2 is 2.03 bits per heavy atom. The molecule has 2 bridgehead atoms. The lowest BCUT2D eigenvalue weighted by Crippen LogP contribution is -2.59. The number of rotatable bonds is 7. The SMILES string of the molecule is C[C@H](c1cccc(S(N)(=O)=O)c1)N1C(=O)[C@@H]2C[C@H]1CN2C[C@H](NC(=O)OC(C)(C)C)C(=O)N1CCC[C@H]1C#N. The topological polar surface area (TPSA) is 166 Å². The first kappa shape index (κ1) is 28.8. The molecule has 0 saturated carbocycles. The maximum absolute atomic E-state index is 13.5. The number of piperazine rings is 1. The van der Waals surface area contributed by atoms with Crippen LogP contribution in [0.2, 0.25) is 0 Å². The summed E-state index contributed by atoms with van der Waals surface area (Å²) in [6, 6.07) is 5.86. The van der Waals surface area contributed by atoms with E-state index >= 15 is 0 Å². The molecule has 3 heterocycles. The predicted octanol–water partition coefficient (Wildman–Crippen LogP) is 1.09. The van der Waals surface area contributed by atoms with Gasteiger partial charge in [-0.15, -0.1) is 0 Å². The van der Waals surface area contributed by atoms with Crippen LogP contribution in [0.5, 0.6) is 0 Å². The lowest BCUT2D eigenvalue weighted by atomic mass is 10.1. The number of carbonyl (C=O) groups is 3. The number of nitriles is 1. The number of benzene rings is 1. The molecular weight excluding hydrogens is 524 g/mol. The Morgan fingerprint density at radius 1 is 1.31 bits per heavy atom. The Labute approximate surface area is 229 Å². The molecule has 13 heteroatoms. The Balaban J connectivity index is 1.50. The number of likely N-dealkylation sites (tertiary alicyclic amines) is 3. The van der Waals surface area contributed by atoms with Gasteiger partial charge in [0.2, 0.25) is 21.8 Å². The molecule has 3 aliphatic heterocycles. The summed E-state index contributed by atoms with van der Waals surface area (Å²) < 4.78 is 29.0. The zero-order valence-corrected chi connectivity index (χ0v) is 23.5. The van der Waals surface area contributed by atoms with Crippen LogP contribution in [-0.4, -0.2) is 90.4 Å². The summed E-state index contributed by atoms with van der Waals surface area (Å²) in [6.07, 6.45) is 1.09. The second-order valence-electron chi connectivity index (χ2n) is 11.4. The molecular formula is C26H36N6O6S. The molecule has 212 valence electrons. The molecule has 1 aromatic rings. The van der Waals surface area contributed by atoms with Crippen molar-refractivity contribution in [2.75, 3.05) is 19.6 Å². The molecule has 3 N–H and O–H groups in total. The van der Waals surface area contributed by atoms with Crippen molar-refractivity contribution < 1.29 is 27.5 Å². The third kappa shape index (κ3) is 6.18. The number of amides is 3. The fraction of sp³-hybridized carbons (Fsp3) is 0.615. The molecule has 5 atom stereocenters. The van der Waals surface area contributed by atoms with Crippen LogP contribution in [0.15, 0.2) is 29.2 Å². The highest BCUT2D eigenvalue weighted by Crippen LogP contribution is 2.38. The number of primary sulfonamides is 1. The number of sulfonamides is 1. The van der Waals surface area contributed by atoms with Crippen molar-refractivity contribution in [2.45, 2.75) is 87.7 Å². The first-order valence-corrected chi connectivity index (χ1v) is 14.6. The molecule has 3 fully saturated rings. The van der Waals surface area contributed by atoms with Crippen molar-refractivity contribution in [3.8, 4) is 6.07 Å². The van der Waals surface area contributed by atoms with Crippen LogP contribution in [0.3, 0.4) is 0 Å². The molecule has 0 aliphatic carbocycles. The third-order valence-corrected chi connectivity index (χ3v) is 8.40. The van der Waals surface area contributed by atoms with Crippen LogP contribution in [0.4, 0.5) is 4.79 Å². The molecule has 1 aromatic carbocycles. The highest BCUT2D eigenvalue weighted by molar-refractivity contribution is 7.89. The van der Waals surface area contributed by atoms with Crippen LogP contribution < -0.4 is 10.5 Å². The second-order valence-corrected chi connectivity index (χ2v) is 13.0. The smallest absolute Gasteiger partial charge is 0.408 e. The summed E-state index contributed by atoms with van der Waals surface area (Å²) in [4.78, 5) is 44.7. The first-order valence-electron chi connectivity index (χ1n) is 13.1. The highest BCUT2D eigenvalue weighted by Gasteiger charge is 2.52. The van der Waals surface area contributed by atoms with Crippen LogP contribution in [0.1, 0.15) is 58.6 Å². The molecule has 0 radical (unpaired) electrons.